The Morgan fingerprint density at radius 1 is 1.00 bits per heavy atom. The lowest BCUT2D eigenvalue weighted by molar-refractivity contribution is -0.145. The second-order valence-corrected chi connectivity index (χ2v) is 7.52. The summed E-state index contributed by atoms with van der Waals surface area (Å²) in [6, 6.07) is 21.8. The lowest BCUT2D eigenvalue weighted by atomic mass is 10.1. The van der Waals surface area contributed by atoms with E-state index in [1.165, 1.54) is 0 Å². The summed E-state index contributed by atoms with van der Waals surface area (Å²) in [5.74, 6) is 0.633. The Balaban J connectivity index is 1.51. The maximum Gasteiger partial charge on any atom is 0.344 e. The molecule has 1 aromatic heterocycles. The van der Waals surface area contributed by atoms with Gasteiger partial charge < -0.3 is 19.2 Å². The number of carbonyl (C=O) groups is 2. The van der Waals surface area contributed by atoms with Gasteiger partial charge in [0, 0.05) is 22.9 Å². The number of anilines is 1. The Morgan fingerprint density at radius 3 is 2.59 bits per heavy atom. The van der Waals surface area contributed by atoms with Crippen molar-refractivity contribution in [2.45, 2.75) is 13.8 Å². The average molecular weight is 456 g/mol. The van der Waals surface area contributed by atoms with Crippen molar-refractivity contribution in [3.05, 3.63) is 90.1 Å². The molecule has 0 fully saturated rings. The van der Waals surface area contributed by atoms with Crippen molar-refractivity contribution in [1.82, 2.24) is 4.98 Å². The van der Waals surface area contributed by atoms with Crippen molar-refractivity contribution < 1.29 is 23.5 Å². The molecule has 0 aliphatic carbocycles. The molecule has 0 radical (unpaired) electrons. The second-order valence-electron chi connectivity index (χ2n) is 7.52. The van der Waals surface area contributed by atoms with Crippen LogP contribution in [0.25, 0.3) is 22.8 Å². The first-order valence-corrected chi connectivity index (χ1v) is 10.9. The van der Waals surface area contributed by atoms with E-state index in [0.717, 1.165) is 11.1 Å². The van der Waals surface area contributed by atoms with E-state index in [1.807, 2.05) is 37.3 Å². The highest BCUT2D eigenvalue weighted by atomic mass is 16.6. The standard InChI is InChI=1S/C27H24N2O5/c1-3-32-25(30)17-33-21-8-6-7-20(15-21)29-26(31)22-9-4-5-10-23(22)27-28-16-24(34-27)19-13-11-18(2)12-14-19/h4-16H,3,17H2,1-2H3,(H,29,31). The third-order valence-electron chi connectivity index (χ3n) is 5.00. The summed E-state index contributed by atoms with van der Waals surface area (Å²) in [5, 5.41) is 2.86. The molecule has 0 saturated heterocycles. The number of hydrogen-bond acceptors (Lipinski definition) is 6. The Morgan fingerprint density at radius 2 is 1.79 bits per heavy atom. The summed E-state index contributed by atoms with van der Waals surface area (Å²) in [5.41, 5.74) is 3.58. The number of carbonyl (C=O) groups excluding carboxylic acids is 2. The highest BCUT2D eigenvalue weighted by Gasteiger charge is 2.17. The van der Waals surface area contributed by atoms with Crippen LogP contribution in [0.3, 0.4) is 0 Å². The van der Waals surface area contributed by atoms with E-state index in [0.29, 0.717) is 34.2 Å². The van der Waals surface area contributed by atoms with Gasteiger partial charge in [0.25, 0.3) is 5.91 Å². The van der Waals surface area contributed by atoms with Crippen molar-refractivity contribution in [1.29, 1.82) is 0 Å². The number of amides is 1. The first-order chi connectivity index (χ1) is 16.5. The molecule has 0 unspecified atom stereocenters. The van der Waals surface area contributed by atoms with Crippen LogP contribution in [0.2, 0.25) is 0 Å². The summed E-state index contributed by atoms with van der Waals surface area (Å²) in [7, 11) is 0. The summed E-state index contributed by atoms with van der Waals surface area (Å²) >= 11 is 0. The van der Waals surface area contributed by atoms with Crippen LogP contribution in [-0.4, -0.2) is 30.1 Å². The van der Waals surface area contributed by atoms with Crippen LogP contribution >= 0.6 is 0 Å². The number of benzene rings is 3. The van der Waals surface area contributed by atoms with Gasteiger partial charge in [-0.15, -0.1) is 0 Å². The van der Waals surface area contributed by atoms with E-state index < -0.39 is 5.97 Å². The van der Waals surface area contributed by atoms with Gasteiger partial charge in [0.1, 0.15) is 5.75 Å². The van der Waals surface area contributed by atoms with Crippen LogP contribution in [-0.2, 0) is 9.53 Å². The quantitative estimate of drug-likeness (QED) is 0.352. The summed E-state index contributed by atoms with van der Waals surface area (Å²) in [6.45, 7) is 3.83. The van der Waals surface area contributed by atoms with Crippen molar-refractivity contribution in [3.8, 4) is 28.5 Å². The molecule has 4 aromatic rings. The fraction of sp³-hybridized carbons (Fsp3) is 0.148. The first-order valence-electron chi connectivity index (χ1n) is 10.9. The molecular formula is C27H24N2O5. The molecule has 1 N–H and O–H groups in total. The predicted octanol–water partition coefficient (Wildman–Crippen LogP) is 5.51. The van der Waals surface area contributed by atoms with Gasteiger partial charge in [0.05, 0.1) is 18.4 Å². The van der Waals surface area contributed by atoms with Gasteiger partial charge in [-0.25, -0.2) is 9.78 Å². The molecule has 0 aliphatic rings. The number of ether oxygens (including phenoxy) is 2. The normalized spacial score (nSPS) is 10.5. The Kier molecular flexibility index (Phi) is 7.03. The number of esters is 1. The molecule has 0 spiro atoms. The molecule has 34 heavy (non-hydrogen) atoms. The number of aryl methyl sites for hydroxylation is 1. The molecule has 0 aliphatic heterocycles. The van der Waals surface area contributed by atoms with Crippen LogP contribution < -0.4 is 10.1 Å². The fourth-order valence-electron chi connectivity index (χ4n) is 3.32. The zero-order valence-electron chi connectivity index (χ0n) is 18.9. The third kappa shape index (κ3) is 5.50. The van der Waals surface area contributed by atoms with Crippen LogP contribution in [0.1, 0.15) is 22.8 Å². The summed E-state index contributed by atoms with van der Waals surface area (Å²) in [4.78, 5) is 29.0. The topological polar surface area (TPSA) is 90.7 Å². The van der Waals surface area contributed by atoms with E-state index in [9.17, 15) is 9.59 Å². The van der Waals surface area contributed by atoms with Gasteiger partial charge in [-0.05, 0) is 38.1 Å². The summed E-state index contributed by atoms with van der Waals surface area (Å²) < 4.78 is 16.3. The second kappa shape index (κ2) is 10.5. The number of aromatic nitrogens is 1. The van der Waals surface area contributed by atoms with Gasteiger partial charge >= 0.3 is 5.97 Å². The van der Waals surface area contributed by atoms with Gasteiger partial charge in [0.2, 0.25) is 5.89 Å². The molecule has 0 bridgehead atoms. The zero-order valence-corrected chi connectivity index (χ0v) is 18.9. The molecule has 0 saturated carbocycles. The average Bonchev–Trinajstić information content (AvgIpc) is 3.34. The highest BCUT2D eigenvalue weighted by Crippen LogP contribution is 2.29. The summed E-state index contributed by atoms with van der Waals surface area (Å²) in [6.07, 6.45) is 1.65. The Labute approximate surface area is 197 Å². The molecule has 3 aromatic carbocycles. The van der Waals surface area contributed by atoms with Crippen LogP contribution in [0, 0.1) is 6.92 Å². The van der Waals surface area contributed by atoms with Crippen LogP contribution in [0.15, 0.2) is 83.4 Å². The van der Waals surface area contributed by atoms with E-state index >= 15 is 0 Å². The zero-order chi connectivity index (χ0) is 23.9. The third-order valence-corrected chi connectivity index (χ3v) is 5.00. The number of rotatable bonds is 8. The lowest BCUT2D eigenvalue weighted by Crippen LogP contribution is -2.15. The van der Waals surface area contributed by atoms with Crippen molar-refractivity contribution in [2.24, 2.45) is 0 Å². The Hall–Kier alpha value is -4.39. The SMILES string of the molecule is CCOC(=O)COc1cccc(NC(=O)c2ccccc2-c2ncc(-c3ccc(C)cc3)o2)c1. The van der Waals surface area contributed by atoms with E-state index in [1.54, 1.807) is 55.6 Å². The monoisotopic (exact) mass is 456 g/mol. The smallest absolute Gasteiger partial charge is 0.344 e. The van der Waals surface area contributed by atoms with E-state index in [4.69, 9.17) is 13.9 Å². The molecule has 7 nitrogen and oxygen atoms in total. The van der Waals surface area contributed by atoms with Gasteiger partial charge in [-0.2, -0.15) is 0 Å². The number of nitrogens with zero attached hydrogens (tertiary/aromatic N) is 1. The highest BCUT2D eigenvalue weighted by molar-refractivity contribution is 6.08. The van der Waals surface area contributed by atoms with Gasteiger partial charge in [0.15, 0.2) is 12.4 Å². The molecule has 1 heterocycles. The molecule has 7 heteroatoms. The number of oxazole rings is 1. The molecular weight excluding hydrogens is 432 g/mol. The molecule has 0 atom stereocenters. The van der Waals surface area contributed by atoms with Crippen LogP contribution in [0.5, 0.6) is 5.75 Å². The molecule has 1 amide bonds. The number of nitrogens with one attached hydrogen (secondary N) is 1. The minimum atomic E-state index is -0.457. The molecule has 4 rings (SSSR count). The fourth-order valence-corrected chi connectivity index (χ4v) is 3.32. The van der Waals surface area contributed by atoms with Gasteiger partial charge in [-0.3, -0.25) is 4.79 Å². The van der Waals surface area contributed by atoms with Crippen molar-refractivity contribution >= 4 is 17.6 Å². The van der Waals surface area contributed by atoms with Gasteiger partial charge in [-0.1, -0.05) is 48.0 Å². The van der Waals surface area contributed by atoms with Crippen molar-refractivity contribution in [2.75, 3.05) is 18.5 Å². The minimum Gasteiger partial charge on any atom is -0.482 e. The van der Waals surface area contributed by atoms with E-state index in [-0.39, 0.29) is 19.1 Å². The Bertz CT molecular complexity index is 1290. The first kappa shape index (κ1) is 22.8. The predicted molar refractivity (Wildman–Crippen MR) is 129 cm³/mol. The van der Waals surface area contributed by atoms with Crippen LogP contribution in [0.4, 0.5) is 5.69 Å². The lowest BCUT2D eigenvalue weighted by Gasteiger charge is -2.10. The maximum absolute atomic E-state index is 13.1. The maximum atomic E-state index is 13.1. The molecule has 172 valence electrons. The largest absolute Gasteiger partial charge is 0.482 e. The van der Waals surface area contributed by atoms with Crippen molar-refractivity contribution in [3.63, 3.8) is 0 Å². The number of hydrogen-bond donors (Lipinski definition) is 1. The minimum absolute atomic E-state index is 0.207. The van der Waals surface area contributed by atoms with E-state index in [2.05, 4.69) is 10.3 Å².